The summed E-state index contributed by atoms with van der Waals surface area (Å²) in [5.41, 5.74) is -1.29. The van der Waals surface area contributed by atoms with Crippen LogP contribution in [0.2, 0.25) is 0 Å². The number of benzene rings is 2. The third-order valence-electron chi connectivity index (χ3n) is 7.68. The second-order valence-electron chi connectivity index (χ2n) is 10.8. The molecule has 0 unspecified atom stereocenters. The first-order valence-electron chi connectivity index (χ1n) is 14.2. The number of rotatable bonds is 10. The van der Waals surface area contributed by atoms with E-state index < -0.39 is 114 Å². The van der Waals surface area contributed by atoms with Crippen molar-refractivity contribution in [1.29, 1.82) is 0 Å². The quantitative estimate of drug-likeness (QED) is 0.0955. The molecule has 10 atom stereocenters. The summed E-state index contributed by atoms with van der Waals surface area (Å²) in [6.07, 6.45) is -17.5. The number of ether oxygens (including phenoxy) is 5. The standard InChI is InChI=1S/C29H34O18/c30-3-4-42-11-6-14(34)18-15(7-11)44-26(10-1-2-12(32)13(33)5-10)27(21(18)37)47-29-25(41)23(39)20(36)17(46-29)9-43-28-24(40)22(38)19(35)16(8-31)45-28/h1-2,5-7,16-17,19-20,22-25,28-36,38-41H,3-4,8-9H2/t16-,17+,19-,20+,22+,23-,24+,25+,28+,29-/m0/s1. The Kier molecular flexibility index (Phi) is 10.4. The molecule has 2 saturated heterocycles. The normalized spacial score (nSPS) is 31.1. The Bertz CT molecular complexity index is 1610. The molecule has 0 spiro atoms. The van der Waals surface area contributed by atoms with Crippen molar-refractivity contribution in [1.82, 2.24) is 0 Å². The van der Waals surface area contributed by atoms with Crippen LogP contribution in [0.3, 0.4) is 0 Å². The number of hydrogen-bond acceptors (Lipinski definition) is 18. The van der Waals surface area contributed by atoms with Crippen molar-refractivity contribution in [3.05, 3.63) is 40.6 Å². The van der Waals surface area contributed by atoms with Crippen LogP contribution in [0.1, 0.15) is 0 Å². The zero-order chi connectivity index (χ0) is 34.2. The van der Waals surface area contributed by atoms with Crippen molar-refractivity contribution in [2.24, 2.45) is 0 Å². The molecule has 0 bridgehead atoms. The fraction of sp³-hybridized carbons (Fsp3) is 0.483. The van der Waals surface area contributed by atoms with Gasteiger partial charge in [-0.25, -0.2) is 0 Å². The van der Waals surface area contributed by atoms with Crippen LogP contribution >= 0.6 is 0 Å². The fourth-order valence-corrected chi connectivity index (χ4v) is 5.13. The van der Waals surface area contributed by atoms with Gasteiger partial charge in [0.15, 0.2) is 23.5 Å². The summed E-state index contributed by atoms with van der Waals surface area (Å²) in [5, 5.41) is 111. The lowest BCUT2D eigenvalue weighted by Gasteiger charge is -2.42. The van der Waals surface area contributed by atoms with Gasteiger partial charge in [0.2, 0.25) is 17.5 Å². The van der Waals surface area contributed by atoms with Crippen LogP contribution in [-0.4, -0.2) is 144 Å². The monoisotopic (exact) mass is 670 g/mol. The molecule has 1 aromatic heterocycles. The van der Waals surface area contributed by atoms with E-state index >= 15 is 0 Å². The number of phenolic OH excluding ortho intramolecular Hbond substituents is 3. The highest BCUT2D eigenvalue weighted by Crippen LogP contribution is 2.39. The number of fused-ring (bicyclic) bond motifs is 1. The molecule has 0 saturated carbocycles. The molecule has 47 heavy (non-hydrogen) atoms. The highest BCUT2D eigenvalue weighted by atomic mass is 16.7. The molecule has 0 aliphatic carbocycles. The number of hydrogen-bond donors (Lipinski definition) is 11. The highest BCUT2D eigenvalue weighted by Gasteiger charge is 2.48. The minimum atomic E-state index is -2.01. The van der Waals surface area contributed by atoms with Crippen molar-refractivity contribution < 1.29 is 84.3 Å². The minimum Gasteiger partial charge on any atom is -0.507 e. The number of aliphatic hydroxyl groups excluding tert-OH is 8. The summed E-state index contributed by atoms with van der Waals surface area (Å²) in [6.45, 7) is -1.93. The Balaban J connectivity index is 1.48. The Labute approximate surface area is 264 Å². The van der Waals surface area contributed by atoms with Crippen LogP contribution in [0.4, 0.5) is 0 Å². The van der Waals surface area contributed by atoms with E-state index in [0.717, 1.165) is 18.2 Å². The van der Waals surface area contributed by atoms with E-state index in [2.05, 4.69) is 0 Å². The van der Waals surface area contributed by atoms with E-state index in [1.807, 2.05) is 0 Å². The van der Waals surface area contributed by atoms with E-state index in [0.29, 0.717) is 0 Å². The maximum atomic E-state index is 13.8. The Morgan fingerprint density at radius 2 is 1.38 bits per heavy atom. The second-order valence-corrected chi connectivity index (χ2v) is 10.8. The predicted molar refractivity (Wildman–Crippen MR) is 153 cm³/mol. The van der Waals surface area contributed by atoms with Crippen LogP contribution in [0, 0.1) is 0 Å². The summed E-state index contributed by atoms with van der Waals surface area (Å²) in [6, 6.07) is 5.65. The molecule has 18 nitrogen and oxygen atoms in total. The molecule has 258 valence electrons. The molecule has 3 aromatic rings. The van der Waals surface area contributed by atoms with E-state index in [9.17, 15) is 55.9 Å². The van der Waals surface area contributed by atoms with Crippen LogP contribution in [0.5, 0.6) is 28.7 Å². The molecule has 2 aliphatic heterocycles. The first-order chi connectivity index (χ1) is 22.4. The van der Waals surface area contributed by atoms with Crippen molar-refractivity contribution in [3.63, 3.8) is 0 Å². The molecule has 3 heterocycles. The topological polar surface area (TPSA) is 299 Å². The van der Waals surface area contributed by atoms with Gasteiger partial charge in [-0.15, -0.1) is 0 Å². The maximum Gasteiger partial charge on any atom is 0.239 e. The molecule has 18 heteroatoms. The Hall–Kier alpha value is -3.79. The van der Waals surface area contributed by atoms with Crippen molar-refractivity contribution in [2.75, 3.05) is 26.4 Å². The van der Waals surface area contributed by atoms with Gasteiger partial charge in [0, 0.05) is 17.7 Å². The molecule has 0 radical (unpaired) electrons. The Morgan fingerprint density at radius 1 is 0.723 bits per heavy atom. The van der Waals surface area contributed by atoms with E-state index in [1.165, 1.54) is 12.1 Å². The lowest BCUT2D eigenvalue weighted by molar-refractivity contribution is -0.323. The van der Waals surface area contributed by atoms with E-state index in [-0.39, 0.29) is 30.1 Å². The predicted octanol–water partition coefficient (Wildman–Crippen LogP) is -3.05. The molecular formula is C29H34O18. The highest BCUT2D eigenvalue weighted by molar-refractivity contribution is 5.88. The average molecular weight is 671 g/mol. The molecule has 2 fully saturated rings. The van der Waals surface area contributed by atoms with Crippen molar-refractivity contribution in [2.45, 2.75) is 61.4 Å². The van der Waals surface area contributed by atoms with Crippen LogP contribution in [0.25, 0.3) is 22.3 Å². The van der Waals surface area contributed by atoms with Crippen molar-refractivity contribution in [3.8, 4) is 40.1 Å². The summed E-state index contributed by atoms with van der Waals surface area (Å²) in [4.78, 5) is 13.8. The largest absolute Gasteiger partial charge is 0.507 e. The van der Waals surface area contributed by atoms with Crippen LogP contribution in [-0.2, 0) is 14.2 Å². The second kappa shape index (κ2) is 14.1. The van der Waals surface area contributed by atoms with Gasteiger partial charge in [-0.05, 0) is 18.2 Å². The van der Waals surface area contributed by atoms with Crippen molar-refractivity contribution >= 4 is 11.0 Å². The van der Waals surface area contributed by atoms with Gasteiger partial charge in [0.1, 0.15) is 77.9 Å². The van der Waals surface area contributed by atoms with E-state index in [1.54, 1.807) is 0 Å². The van der Waals surface area contributed by atoms with E-state index in [4.69, 9.17) is 33.2 Å². The van der Waals surface area contributed by atoms with Gasteiger partial charge >= 0.3 is 0 Å². The van der Waals surface area contributed by atoms with Crippen LogP contribution < -0.4 is 14.9 Å². The number of aliphatic hydroxyl groups is 8. The van der Waals surface area contributed by atoms with Gasteiger partial charge in [-0.1, -0.05) is 0 Å². The molecule has 0 amide bonds. The molecule has 5 rings (SSSR count). The first-order valence-corrected chi connectivity index (χ1v) is 14.2. The SMILES string of the molecule is O=c1c(O[C@@H]2O[C@H](CO[C@@H]3O[C@@H](CO)[C@H](O)[C@@H](O)[C@H]3O)[C@@H](O)[C@H](O)[C@H]2O)c(-c2ccc(O)c(O)c2)oc2cc(OCCO)cc(O)c12. The lowest BCUT2D eigenvalue weighted by Crippen LogP contribution is -2.62. The summed E-state index contributed by atoms with van der Waals surface area (Å²) < 4.78 is 33.2. The third kappa shape index (κ3) is 6.80. The molecular weight excluding hydrogens is 636 g/mol. The third-order valence-corrected chi connectivity index (χ3v) is 7.68. The molecule has 11 N–H and O–H groups in total. The first kappa shape index (κ1) is 34.5. The number of phenols is 3. The van der Waals surface area contributed by atoms with Gasteiger partial charge in [0.25, 0.3) is 0 Å². The van der Waals surface area contributed by atoms with Gasteiger partial charge < -0.3 is 84.3 Å². The average Bonchev–Trinajstić information content (AvgIpc) is 3.05. The molecule has 2 aliphatic rings. The van der Waals surface area contributed by atoms with Gasteiger partial charge in [-0.3, -0.25) is 4.79 Å². The zero-order valence-electron chi connectivity index (χ0n) is 24.3. The lowest BCUT2D eigenvalue weighted by atomic mass is 9.98. The Morgan fingerprint density at radius 3 is 2.04 bits per heavy atom. The minimum absolute atomic E-state index is 0.0192. The number of aromatic hydroxyl groups is 3. The summed E-state index contributed by atoms with van der Waals surface area (Å²) >= 11 is 0. The summed E-state index contributed by atoms with van der Waals surface area (Å²) in [7, 11) is 0. The fourth-order valence-electron chi connectivity index (χ4n) is 5.13. The van der Waals surface area contributed by atoms with Gasteiger partial charge in [-0.2, -0.15) is 0 Å². The zero-order valence-corrected chi connectivity index (χ0v) is 24.3. The smallest absolute Gasteiger partial charge is 0.239 e. The maximum absolute atomic E-state index is 13.8. The summed E-state index contributed by atoms with van der Waals surface area (Å²) in [5.74, 6) is -2.84. The van der Waals surface area contributed by atoms with Gasteiger partial charge in [0.05, 0.1) is 19.8 Å². The molecule has 2 aromatic carbocycles. The van der Waals surface area contributed by atoms with Crippen LogP contribution in [0.15, 0.2) is 39.5 Å².